The van der Waals surface area contributed by atoms with Crippen molar-refractivity contribution in [2.75, 3.05) is 0 Å². The Labute approximate surface area is 82.5 Å². The molecular weight excluding hydrogens is 184 g/mol. The Kier molecular flexibility index (Phi) is 2.56. The van der Waals surface area contributed by atoms with Gasteiger partial charge >= 0.3 is 5.97 Å². The number of hydrogen-bond donors (Lipinski definition) is 1. The van der Waals surface area contributed by atoms with Crippen LogP contribution < -0.4 is 0 Å². The highest BCUT2D eigenvalue weighted by molar-refractivity contribution is 5.71. The average Bonchev–Trinajstić information content (AvgIpc) is 2.70. The van der Waals surface area contributed by atoms with Crippen LogP contribution in [0.1, 0.15) is 19.8 Å². The topological polar surface area (TPSA) is 55.8 Å². The molecule has 0 spiro atoms. The molecule has 4 atom stereocenters. The first-order valence-corrected chi connectivity index (χ1v) is 4.88. The molecule has 0 aromatic carbocycles. The minimum atomic E-state index is -0.520. The van der Waals surface area contributed by atoms with Gasteiger partial charge in [0.05, 0.1) is 6.10 Å². The third kappa shape index (κ3) is 1.81. The van der Waals surface area contributed by atoms with Gasteiger partial charge in [0, 0.05) is 6.42 Å². The van der Waals surface area contributed by atoms with E-state index in [1.54, 1.807) is 6.92 Å². The van der Waals surface area contributed by atoms with Gasteiger partial charge in [-0.05, 0) is 13.3 Å². The van der Waals surface area contributed by atoms with Crippen LogP contribution in [0.4, 0.5) is 0 Å². The lowest BCUT2D eigenvalue weighted by atomic mass is 10.1. The lowest BCUT2D eigenvalue weighted by Gasteiger charge is -2.19. The molecule has 0 unspecified atom stereocenters. The van der Waals surface area contributed by atoms with Crippen LogP contribution >= 0.6 is 0 Å². The van der Waals surface area contributed by atoms with Crippen LogP contribution in [0, 0.1) is 0 Å². The van der Waals surface area contributed by atoms with Crippen LogP contribution in [-0.4, -0.2) is 35.5 Å². The van der Waals surface area contributed by atoms with E-state index in [2.05, 4.69) is 0 Å². The smallest absolute Gasteiger partial charge is 0.306 e. The van der Waals surface area contributed by atoms with E-state index in [0.717, 1.165) is 0 Å². The van der Waals surface area contributed by atoms with Crippen LogP contribution in [-0.2, 0) is 14.3 Å². The summed E-state index contributed by atoms with van der Waals surface area (Å²) in [4.78, 5) is 10.9. The molecule has 2 aliphatic heterocycles. The van der Waals surface area contributed by atoms with Crippen molar-refractivity contribution in [3.05, 3.63) is 12.2 Å². The van der Waals surface area contributed by atoms with Gasteiger partial charge in [-0.15, -0.1) is 0 Å². The molecule has 0 radical (unpaired) electrons. The maximum atomic E-state index is 10.9. The zero-order valence-corrected chi connectivity index (χ0v) is 8.05. The summed E-state index contributed by atoms with van der Waals surface area (Å²) in [5.74, 6) is -0.160. The highest BCUT2D eigenvalue weighted by Gasteiger charge is 2.35. The monoisotopic (exact) mass is 198 g/mol. The quantitative estimate of drug-likeness (QED) is 0.515. The zero-order valence-electron chi connectivity index (χ0n) is 8.05. The number of carbonyl (C=O) groups is 1. The SMILES string of the molecule is C[C@H](O)[C@H]1C=C[C@H]([C@@H]2CCC(=O)O2)O1. The van der Waals surface area contributed by atoms with Crippen LogP contribution in [0.5, 0.6) is 0 Å². The molecule has 2 heterocycles. The Balaban J connectivity index is 1.90. The predicted octanol–water partition coefficient (Wildman–Crippen LogP) is 0.396. The number of rotatable bonds is 2. The number of aliphatic hydroxyl groups is 1. The molecule has 0 bridgehead atoms. The molecule has 0 aliphatic carbocycles. The molecule has 0 aromatic heterocycles. The molecule has 0 saturated carbocycles. The molecule has 2 rings (SSSR count). The van der Waals surface area contributed by atoms with Gasteiger partial charge in [0.2, 0.25) is 0 Å². The number of aliphatic hydroxyl groups excluding tert-OH is 1. The number of cyclic esters (lactones) is 1. The van der Waals surface area contributed by atoms with Gasteiger partial charge in [-0.25, -0.2) is 0 Å². The molecule has 4 nitrogen and oxygen atoms in total. The summed E-state index contributed by atoms with van der Waals surface area (Å²) < 4.78 is 10.6. The molecule has 0 aromatic rings. The summed E-state index contributed by atoms with van der Waals surface area (Å²) in [6.07, 6.45) is 3.73. The summed E-state index contributed by atoms with van der Waals surface area (Å²) in [6.45, 7) is 1.68. The summed E-state index contributed by atoms with van der Waals surface area (Å²) >= 11 is 0. The van der Waals surface area contributed by atoms with Crippen LogP contribution in [0.3, 0.4) is 0 Å². The largest absolute Gasteiger partial charge is 0.459 e. The van der Waals surface area contributed by atoms with E-state index >= 15 is 0 Å². The van der Waals surface area contributed by atoms with Gasteiger partial charge in [0.1, 0.15) is 18.3 Å². The van der Waals surface area contributed by atoms with Gasteiger partial charge in [0.25, 0.3) is 0 Å². The summed E-state index contributed by atoms with van der Waals surface area (Å²) in [6, 6.07) is 0. The van der Waals surface area contributed by atoms with Gasteiger partial charge in [-0.2, -0.15) is 0 Å². The number of ether oxygens (including phenoxy) is 2. The third-order valence-corrected chi connectivity index (χ3v) is 2.56. The molecule has 14 heavy (non-hydrogen) atoms. The fraction of sp³-hybridized carbons (Fsp3) is 0.700. The molecule has 0 amide bonds. The molecular formula is C10H14O4. The lowest BCUT2D eigenvalue weighted by molar-refractivity contribution is -0.146. The molecule has 2 aliphatic rings. The van der Waals surface area contributed by atoms with Crippen molar-refractivity contribution in [1.82, 2.24) is 0 Å². The van der Waals surface area contributed by atoms with Crippen LogP contribution in [0.2, 0.25) is 0 Å². The van der Waals surface area contributed by atoms with Crippen molar-refractivity contribution >= 4 is 5.97 Å². The highest BCUT2D eigenvalue weighted by atomic mass is 16.6. The van der Waals surface area contributed by atoms with E-state index in [1.807, 2.05) is 12.2 Å². The van der Waals surface area contributed by atoms with E-state index in [0.29, 0.717) is 12.8 Å². The Morgan fingerprint density at radius 2 is 2.36 bits per heavy atom. The fourth-order valence-electron chi connectivity index (χ4n) is 1.76. The van der Waals surface area contributed by atoms with Crippen molar-refractivity contribution in [1.29, 1.82) is 0 Å². The van der Waals surface area contributed by atoms with Crippen molar-refractivity contribution in [3.8, 4) is 0 Å². The minimum Gasteiger partial charge on any atom is -0.459 e. The van der Waals surface area contributed by atoms with Gasteiger partial charge in [0.15, 0.2) is 0 Å². The fourth-order valence-corrected chi connectivity index (χ4v) is 1.76. The maximum Gasteiger partial charge on any atom is 0.306 e. The predicted molar refractivity (Wildman–Crippen MR) is 48.6 cm³/mol. The first-order chi connectivity index (χ1) is 6.66. The maximum absolute atomic E-state index is 10.9. The molecule has 1 saturated heterocycles. The van der Waals surface area contributed by atoms with Crippen LogP contribution in [0.15, 0.2) is 12.2 Å². The molecule has 1 fully saturated rings. The van der Waals surface area contributed by atoms with Crippen molar-refractivity contribution < 1.29 is 19.4 Å². The van der Waals surface area contributed by atoms with Crippen molar-refractivity contribution in [2.24, 2.45) is 0 Å². The third-order valence-electron chi connectivity index (χ3n) is 2.56. The lowest BCUT2D eigenvalue weighted by Crippen LogP contribution is -2.30. The number of carbonyl (C=O) groups excluding carboxylic acids is 1. The average molecular weight is 198 g/mol. The normalized spacial score (nSPS) is 38.7. The van der Waals surface area contributed by atoms with E-state index in [9.17, 15) is 9.90 Å². The number of hydrogen-bond acceptors (Lipinski definition) is 4. The first kappa shape index (κ1) is 9.68. The Bertz CT molecular complexity index is 259. The summed E-state index contributed by atoms with van der Waals surface area (Å²) in [5, 5.41) is 9.28. The first-order valence-electron chi connectivity index (χ1n) is 4.88. The Morgan fingerprint density at radius 3 is 2.86 bits per heavy atom. The number of esters is 1. The Morgan fingerprint density at radius 1 is 1.57 bits per heavy atom. The standard InChI is InChI=1S/C10H14O4/c1-6(11)7-2-3-8(13-7)9-4-5-10(12)14-9/h2-3,6-9,11H,4-5H2,1H3/t6-,7+,8+,9-/m0/s1. The second-order valence-corrected chi connectivity index (χ2v) is 3.76. The second-order valence-electron chi connectivity index (χ2n) is 3.76. The van der Waals surface area contributed by atoms with E-state index in [4.69, 9.17) is 9.47 Å². The second kappa shape index (κ2) is 3.71. The van der Waals surface area contributed by atoms with Gasteiger partial charge in [-0.3, -0.25) is 4.79 Å². The summed E-state index contributed by atoms with van der Waals surface area (Å²) in [5.41, 5.74) is 0. The summed E-state index contributed by atoms with van der Waals surface area (Å²) in [7, 11) is 0. The minimum absolute atomic E-state index is 0.160. The van der Waals surface area contributed by atoms with E-state index in [-0.39, 0.29) is 24.3 Å². The van der Waals surface area contributed by atoms with E-state index < -0.39 is 6.10 Å². The Hall–Kier alpha value is -0.870. The van der Waals surface area contributed by atoms with Crippen molar-refractivity contribution in [3.63, 3.8) is 0 Å². The van der Waals surface area contributed by atoms with E-state index in [1.165, 1.54) is 0 Å². The van der Waals surface area contributed by atoms with Gasteiger partial charge < -0.3 is 14.6 Å². The molecule has 1 N–H and O–H groups in total. The molecule has 78 valence electrons. The van der Waals surface area contributed by atoms with Crippen LogP contribution in [0.25, 0.3) is 0 Å². The highest BCUT2D eigenvalue weighted by Crippen LogP contribution is 2.25. The van der Waals surface area contributed by atoms with Gasteiger partial charge in [-0.1, -0.05) is 12.2 Å². The molecule has 4 heteroatoms. The van der Waals surface area contributed by atoms with Crippen molar-refractivity contribution in [2.45, 2.75) is 44.2 Å². The zero-order chi connectivity index (χ0) is 10.1.